The van der Waals surface area contributed by atoms with Crippen LogP contribution < -0.4 is 0 Å². The van der Waals surface area contributed by atoms with Crippen molar-refractivity contribution in [3.05, 3.63) is 65.3 Å². The highest BCUT2D eigenvalue weighted by Gasteiger charge is 2.74. The Morgan fingerprint density at radius 1 is 0.652 bits per heavy atom. The Bertz CT molecular complexity index is 2880. The molecule has 4 saturated carbocycles. The first-order chi connectivity index (χ1) is 43.3. The summed E-state index contributed by atoms with van der Waals surface area (Å²) in [5, 5.41) is 145. The monoisotopic (exact) mass is 1300 g/mol. The summed E-state index contributed by atoms with van der Waals surface area (Å²) in [6.45, 7) is 15.4. The fourth-order valence-corrected chi connectivity index (χ4v) is 17.8. The van der Waals surface area contributed by atoms with E-state index in [0.29, 0.717) is 44.1 Å². The number of esters is 2. The molecule has 8 fully saturated rings. The van der Waals surface area contributed by atoms with E-state index in [2.05, 4.69) is 26.8 Å². The van der Waals surface area contributed by atoms with Crippen molar-refractivity contribution in [3.8, 4) is 0 Å². The summed E-state index contributed by atoms with van der Waals surface area (Å²) >= 11 is 0. The Morgan fingerprint density at radius 2 is 1.29 bits per heavy atom. The lowest BCUT2D eigenvalue weighted by Crippen LogP contribution is -2.72. The van der Waals surface area contributed by atoms with Gasteiger partial charge in [0.2, 0.25) is 0 Å². The predicted molar refractivity (Wildman–Crippen MR) is 318 cm³/mol. The quantitative estimate of drug-likeness (QED) is 0.0464. The van der Waals surface area contributed by atoms with Crippen LogP contribution in [0.15, 0.2) is 59.7 Å². The number of aliphatic carboxylic acids is 1. The molecule has 9 aliphatic rings. The number of carbonyl (C=O) groups excluding carboxylic acids is 2. The number of carboxylic acid groups (broad SMARTS) is 1. The molecule has 516 valence electrons. The van der Waals surface area contributed by atoms with E-state index in [1.54, 1.807) is 26.0 Å². The highest BCUT2D eigenvalue weighted by molar-refractivity contribution is 5.88. The molecule has 29 atom stereocenters. The van der Waals surface area contributed by atoms with Crippen molar-refractivity contribution >= 4 is 24.0 Å². The zero-order valence-corrected chi connectivity index (χ0v) is 53.5. The van der Waals surface area contributed by atoms with Crippen molar-refractivity contribution in [3.63, 3.8) is 0 Å². The van der Waals surface area contributed by atoms with E-state index in [4.69, 9.17) is 47.4 Å². The molecular formula is C66H96O26. The van der Waals surface area contributed by atoms with Gasteiger partial charge in [-0.3, -0.25) is 0 Å². The summed E-state index contributed by atoms with van der Waals surface area (Å²) in [7, 11) is 0. The second kappa shape index (κ2) is 26.8. The fourth-order valence-electron chi connectivity index (χ4n) is 17.8. The maximum absolute atomic E-state index is 14.1. The van der Waals surface area contributed by atoms with Crippen molar-refractivity contribution in [1.82, 2.24) is 0 Å². The van der Waals surface area contributed by atoms with Gasteiger partial charge in [-0.1, -0.05) is 96.5 Å². The average molecular weight is 1310 g/mol. The zero-order chi connectivity index (χ0) is 67.1. The lowest BCUT2D eigenvalue weighted by atomic mass is 9.33. The van der Waals surface area contributed by atoms with Gasteiger partial charge in [-0.05, 0) is 110 Å². The second-order valence-corrected chi connectivity index (χ2v) is 29.2. The van der Waals surface area contributed by atoms with Crippen molar-refractivity contribution in [2.45, 2.75) is 242 Å². The molecule has 4 saturated heterocycles. The minimum absolute atomic E-state index is 0.0343. The number of hydrogen-bond donors (Lipinski definition) is 13. The number of aliphatic hydroxyl groups is 12. The van der Waals surface area contributed by atoms with Gasteiger partial charge in [0.15, 0.2) is 37.4 Å². The van der Waals surface area contributed by atoms with E-state index in [1.165, 1.54) is 6.08 Å². The molecule has 0 spiro atoms. The molecule has 1 aromatic carbocycles. The van der Waals surface area contributed by atoms with Gasteiger partial charge in [0.05, 0.1) is 44.1 Å². The molecule has 4 aliphatic heterocycles. The Morgan fingerprint density at radius 3 is 1.95 bits per heavy atom. The first kappa shape index (κ1) is 70.8. The zero-order valence-electron chi connectivity index (χ0n) is 53.5. The molecule has 92 heavy (non-hydrogen) atoms. The number of allylic oxidation sites excluding steroid dienone is 3. The third-order valence-corrected chi connectivity index (χ3v) is 23.4. The summed E-state index contributed by atoms with van der Waals surface area (Å²) in [6, 6.07) is 9.18. The number of benzene rings is 1. The standard InChI is InChI=1S/C66H96O26/c1-10-30(2)56(82)92-53-54(87-41(72)19-16-31-14-12-11-13-15-31)66(29-68)33(24-61(53,3)4)32-17-18-38-63(7)22-21-40(62(5,6)37(63)20-23-64(38,8)65(32,9)25-39(66)71)86-60-52(91-58-47(78)45(76)44(75)36(26-67)85-58)49(48(79)50(89-60)55(80)81)88-59-51(43(74)35(70)28-84-59)90-57-46(77)42(73)34(69)27-83-57/h10-17,19,33-40,42-54,57-60,67-71,73-79H,18,20-29H2,1-9H3,(H,80,81). The molecule has 10 rings (SSSR count). The molecule has 4 heterocycles. The number of ether oxygens (including phenoxy) is 10. The molecule has 0 aromatic heterocycles. The van der Waals surface area contributed by atoms with E-state index in [-0.39, 0.29) is 18.3 Å². The molecule has 1 aromatic rings. The van der Waals surface area contributed by atoms with Crippen LogP contribution in [0, 0.1) is 50.2 Å². The number of aliphatic hydroxyl groups excluding tert-OH is 12. The molecule has 0 radical (unpaired) electrons. The third kappa shape index (κ3) is 12.2. The molecule has 0 amide bonds. The summed E-state index contributed by atoms with van der Waals surface area (Å²) in [4.78, 5) is 41.1. The molecule has 26 nitrogen and oxygen atoms in total. The van der Waals surface area contributed by atoms with E-state index in [9.17, 15) is 80.8 Å². The second-order valence-electron chi connectivity index (χ2n) is 29.2. The molecule has 13 N–H and O–H groups in total. The largest absolute Gasteiger partial charge is 0.479 e. The molecule has 26 heteroatoms. The minimum Gasteiger partial charge on any atom is -0.479 e. The van der Waals surface area contributed by atoms with E-state index < -0.39 is 218 Å². The van der Waals surface area contributed by atoms with Crippen LogP contribution in [0.25, 0.3) is 6.08 Å². The minimum atomic E-state index is -2.22. The maximum Gasteiger partial charge on any atom is 0.335 e. The number of rotatable bonds is 16. The molecule has 0 bridgehead atoms. The molecular weight excluding hydrogens is 1210 g/mol. The summed E-state index contributed by atoms with van der Waals surface area (Å²) < 4.78 is 61.6. The van der Waals surface area contributed by atoms with Gasteiger partial charge in [-0.15, -0.1) is 0 Å². The van der Waals surface area contributed by atoms with Crippen LogP contribution in [0.2, 0.25) is 0 Å². The van der Waals surface area contributed by atoms with Crippen molar-refractivity contribution in [2.75, 3.05) is 26.4 Å². The van der Waals surface area contributed by atoms with Gasteiger partial charge < -0.3 is 114 Å². The smallest absolute Gasteiger partial charge is 0.335 e. The normalized spacial score (nSPS) is 47.6. The summed E-state index contributed by atoms with van der Waals surface area (Å²) in [5.41, 5.74) is -2.73. The number of carboxylic acids is 1. The van der Waals surface area contributed by atoms with Gasteiger partial charge in [-0.2, -0.15) is 0 Å². The number of fused-ring (bicyclic) bond motifs is 7. The van der Waals surface area contributed by atoms with E-state index in [1.807, 2.05) is 58.0 Å². The van der Waals surface area contributed by atoms with Crippen LogP contribution in [0.1, 0.15) is 113 Å². The van der Waals surface area contributed by atoms with Crippen LogP contribution in [0.4, 0.5) is 0 Å². The Labute approximate surface area is 534 Å². The van der Waals surface area contributed by atoms with Gasteiger partial charge in [-0.25, -0.2) is 14.4 Å². The summed E-state index contributed by atoms with van der Waals surface area (Å²) in [5.74, 6) is -3.76. The van der Waals surface area contributed by atoms with E-state index in [0.717, 1.165) is 11.1 Å². The Balaban J connectivity index is 0.964. The lowest BCUT2D eigenvalue weighted by molar-refractivity contribution is -0.399. The number of hydrogen-bond acceptors (Lipinski definition) is 25. The van der Waals surface area contributed by atoms with Gasteiger partial charge in [0.1, 0.15) is 85.5 Å². The molecule has 5 aliphatic carbocycles. The first-order valence-corrected chi connectivity index (χ1v) is 32.2. The Hall–Kier alpha value is -3.95. The van der Waals surface area contributed by atoms with Gasteiger partial charge >= 0.3 is 17.9 Å². The van der Waals surface area contributed by atoms with Gasteiger partial charge in [0.25, 0.3) is 0 Å². The lowest BCUT2D eigenvalue weighted by Gasteiger charge is -2.72. The van der Waals surface area contributed by atoms with Gasteiger partial charge in [0, 0.05) is 17.1 Å². The van der Waals surface area contributed by atoms with Crippen LogP contribution in [-0.2, 0) is 61.8 Å². The average Bonchev–Trinajstić information content (AvgIpc) is 0.670. The van der Waals surface area contributed by atoms with Crippen LogP contribution in [-0.4, -0.2) is 246 Å². The van der Waals surface area contributed by atoms with Crippen LogP contribution in [0.3, 0.4) is 0 Å². The van der Waals surface area contributed by atoms with Crippen LogP contribution in [0.5, 0.6) is 0 Å². The number of carbonyl (C=O) groups is 3. The fraction of sp³-hybridized carbons (Fsp3) is 0.773. The first-order valence-electron chi connectivity index (χ1n) is 32.2. The predicted octanol–water partition coefficient (Wildman–Crippen LogP) is 0.502. The molecule has 29 unspecified atom stereocenters. The Kier molecular flexibility index (Phi) is 20.6. The van der Waals surface area contributed by atoms with Crippen molar-refractivity contribution < 1.29 is 128 Å². The topological polar surface area (TPSA) is 407 Å². The third-order valence-electron chi connectivity index (χ3n) is 23.4. The SMILES string of the molecule is CC=C(C)C(=O)OC1C(OC(=O)C=Cc2ccccc2)C2(CO)C(O)CC3(C)C(=CCC4C5(C)CCC(OC6OC(C(=O)O)C(O)C(OC7OCC(O)C(O)C7OC7OCC(O)C(O)C7O)C6OC6OC(CO)C(O)C(O)C6O)C(C)(C)C5CCC43C)C2CC1(C)C. The van der Waals surface area contributed by atoms with Crippen LogP contribution >= 0.6 is 0 Å². The van der Waals surface area contributed by atoms with Crippen molar-refractivity contribution in [1.29, 1.82) is 0 Å². The highest BCUT2D eigenvalue weighted by atomic mass is 16.8. The summed E-state index contributed by atoms with van der Waals surface area (Å²) in [6.07, 6.45) is -28.2. The van der Waals surface area contributed by atoms with E-state index >= 15 is 0 Å². The highest BCUT2D eigenvalue weighted by Crippen LogP contribution is 2.76. The van der Waals surface area contributed by atoms with Crippen molar-refractivity contribution in [2.24, 2.45) is 50.2 Å². The maximum atomic E-state index is 14.1.